The molecule has 2 rings (SSSR count). The Labute approximate surface area is 121 Å². The lowest BCUT2D eigenvalue weighted by Gasteiger charge is -2.28. The van der Waals surface area contributed by atoms with Gasteiger partial charge < -0.3 is 10.6 Å². The van der Waals surface area contributed by atoms with E-state index in [9.17, 15) is 0 Å². The van der Waals surface area contributed by atoms with E-state index in [1.807, 2.05) is 6.07 Å². The fourth-order valence-electron chi connectivity index (χ4n) is 2.58. The standard InChI is InChI=1S/C17H25N3/c1-13(2)12-20(10-6-9-18)17-11-14(3)19-16-8-5-4-7-15(16)17/h4-5,7-8,11,13H,6,9-10,12,18H2,1-3H3. The molecule has 20 heavy (non-hydrogen) atoms. The van der Waals surface area contributed by atoms with Gasteiger partial charge in [0.25, 0.3) is 0 Å². The number of hydrogen-bond donors (Lipinski definition) is 1. The van der Waals surface area contributed by atoms with Crippen LogP contribution in [0.1, 0.15) is 26.0 Å². The Bertz CT molecular complexity index is 563. The van der Waals surface area contributed by atoms with Gasteiger partial charge in [0.2, 0.25) is 0 Å². The molecule has 0 radical (unpaired) electrons. The lowest BCUT2D eigenvalue weighted by Crippen LogP contribution is -2.30. The van der Waals surface area contributed by atoms with Crippen LogP contribution in [0.15, 0.2) is 30.3 Å². The van der Waals surface area contributed by atoms with Gasteiger partial charge in [-0.05, 0) is 37.9 Å². The monoisotopic (exact) mass is 271 g/mol. The summed E-state index contributed by atoms with van der Waals surface area (Å²) in [4.78, 5) is 7.08. The molecule has 1 aromatic carbocycles. The van der Waals surface area contributed by atoms with Crippen molar-refractivity contribution in [2.45, 2.75) is 27.2 Å². The van der Waals surface area contributed by atoms with Crippen molar-refractivity contribution in [2.24, 2.45) is 11.7 Å². The first-order valence-corrected chi connectivity index (χ1v) is 7.43. The average molecular weight is 271 g/mol. The van der Waals surface area contributed by atoms with Crippen molar-refractivity contribution in [3.63, 3.8) is 0 Å². The second kappa shape index (κ2) is 6.71. The summed E-state index contributed by atoms with van der Waals surface area (Å²) < 4.78 is 0. The normalized spacial score (nSPS) is 11.2. The highest BCUT2D eigenvalue weighted by molar-refractivity contribution is 5.91. The molecular weight excluding hydrogens is 246 g/mol. The molecule has 0 aliphatic rings. The van der Waals surface area contributed by atoms with Crippen molar-refractivity contribution in [1.82, 2.24) is 4.98 Å². The number of nitrogens with zero attached hydrogens (tertiary/aromatic N) is 2. The van der Waals surface area contributed by atoms with Gasteiger partial charge in [-0.25, -0.2) is 0 Å². The number of hydrogen-bond acceptors (Lipinski definition) is 3. The number of rotatable bonds is 6. The van der Waals surface area contributed by atoms with Crippen LogP contribution in [0.5, 0.6) is 0 Å². The Balaban J connectivity index is 2.45. The summed E-state index contributed by atoms with van der Waals surface area (Å²) in [5.74, 6) is 0.625. The highest BCUT2D eigenvalue weighted by Crippen LogP contribution is 2.27. The number of benzene rings is 1. The first kappa shape index (κ1) is 14.8. The Morgan fingerprint density at radius 1 is 1.25 bits per heavy atom. The maximum absolute atomic E-state index is 5.69. The summed E-state index contributed by atoms with van der Waals surface area (Å²) in [5, 5.41) is 1.23. The zero-order valence-corrected chi connectivity index (χ0v) is 12.8. The SMILES string of the molecule is Cc1cc(N(CCCN)CC(C)C)c2ccccc2n1. The van der Waals surface area contributed by atoms with Gasteiger partial charge >= 0.3 is 0 Å². The maximum atomic E-state index is 5.69. The molecule has 0 amide bonds. The summed E-state index contributed by atoms with van der Waals surface area (Å²) in [7, 11) is 0. The van der Waals surface area contributed by atoms with Gasteiger partial charge in [0.15, 0.2) is 0 Å². The van der Waals surface area contributed by atoms with Crippen LogP contribution in [-0.4, -0.2) is 24.6 Å². The topological polar surface area (TPSA) is 42.1 Å². The number of aryl methyl sites for hydroxylation is 1. The van der Waals surface area contributed by atoms with Gasteiger partial charge in [-0.15, -0.1) is 0 Å². The molecule has 0 saturated heterocycles. The van der Waals surface area contributed by atoms with E-state index < -0.39 is 0 Å². The van der Waals surface area contributed by atoms with Crippen molar-refractivity contribution in [1.29, 1.82) is 0 Å². The van der Waals surface area contributed by atoms with Crippen LogP contribution in [0.25, 0.3) is 10.9 Å². The summed E-state index contributed by atoms with van der Waals surface area (Å²) in [6.07, 6.45) is 1.02. The van der Waals surface area contributed by atoms with E-state index in [1.54, 1.807) is 0 Å². The van der Waals surface area contributed by atoms with Gasteiger partial charge in [-0.1, -0.05) is 32.0 Å². The van der Waals surface area contributed by atoms with E-state index in [0.29, 0.717) is 5.92 Å². The number of fused-ring (bicyclic) bond motifs is 1. The van der Waals surface area contributed by atoms with Crippen molar-refractivity contribution >= 4 is 16.6 Å². The number of para-hydroxylation sites is 1. The zero-order valence-electron chi connectivity index (χ0n) is 12.8. The molecule has 2 N–H and O–H groups in total. The lowest BCUT2D eigenvalue weighted by atomic mass is 10.1. The molecule has 3 heteroatoms. The molecule has 1 heterocycles. The van der Waals surface area contributed by atoms with E-state index in [-0.39, 0.29) is 0 Å². The molecule has 0 aliphatic heterocycles. The minimum atomic E-state index is 0.625. The van der Waals surface area contributed by atoms with Crippen LogP contribution in [0.2, 0.25) is 0 Å². The lowest BCUT2D eigenvalue weighted by molar-refractivity contribution is 0.602. The first-order valence-electron chi connectivity index (χ1n) is 7.43. The van der Waals surface area contributed by atoms with Crippen LogP contribution in [-0.2, 0) is 0 Å². The third-order valence-electron chi connectivity index (χ3n) is 3.38. The molecule has 0 fully saturated rings. The molecule has 0 atom stereocenters. The maximum Gasteiger partial charge on any atom is 0.0726 e. The molecule has 1 aromatic heterocycles. The highest BCUT2D eigenvalue weighted by Gasteiger charge is 2.12. The van der Waals surface area contributed by atoms with E-state index in [4.69, 9.17) is 5.73 Å². The largest absolute Gasteiger partial charge is 0.371 e. The third kappa shape index (κ3) is 3.48. The molecule has 0 aliphatic carbocycles. The predicted molar refractivity (Wildman–Crippen MR) is 87.2 cm³/mol. The Hall–Kier alpha value is -1.61. The van der Waals surface area contributed by atoms with Gasteiger partial charge in [-0.2, -0.15) is 0 Å². The van der Waals surface area contributed by atoms with Crippen molar-refractivity contribution < 1.29 is 0 Å². The Morgan fingerprint density at radius 3 is 2.70 bits per heavy atom. The molecule has 2 aromatic rings. The number of aromatic nitrogens is 1. The third-order valence-corrected chi connectivity index (χ3v) is 3.38. The minimum Gasteiger partial charge on any atom is -0.371 e. The fourth-order valence-corrected chi connectivity index (χ4v) is 2.58. The first-order chi connectivity index (χ1) is 9.61. The molecular formula is C17H25N3. The number of anilines is 1. The van der Waals surface area contributed by atoms with E-state index >= 15 is 0 Å². The molecule has 0 saturated carbocycles. The van der Waals surface area contributed by atoms with E-state index in [2.05, 4.69) is 54.9 Å². The Kier molecular flexibility index (Phi) is 4.96. The van der Waals surface area contributed by atoms with Gasteiger partial charge in [0, 0.05) is 29.9 Å². The van der Waals surface area contributed by atoms with Gasteiger partial charge in [0.05, 0.1) is 5.52 Å². The molecule has 108 valence electrons. The van der Waals surface area contributed by atoms with Crippen LogP contribution in [0, 0.1) is 12.8 Å². The number of nitrogens with two attached hydrogens (primary N) is 1. The van der Waals surface area contributed by atoms with Crippen LogP contribution in [0.3, 0.4) is 0 Å². The Morgan fingerprint density at radius 2 is 2.00 bits per heavy atom. The highest BCUT2D eigenvalue weighted by atomic mass is 15.1. The second-order valence-electron chi connectivity index (χ2n) is 5.78. The summed E-state index contributed by atoms with van der Waals surface area (Å²) >= 11 is 0. The van der Waals surface area contributed by atoms with Gasteiger partial charge in [-0.3, -0.25) is 4.98 Å². The molecule has 3 nitrogen and oxygen atoms in total. The molecule has 0 spiro atoms. The number of pyridine rings is 1. The van der Waals surface area contributed by atoms with Crippen LogP contribution >= 0.6 is 0 Å². The van der Waals surface area contributed by atoms with E-state index in [0.717, 1.165) is 37.3 Å². The zero-order chi connectivity index (χ0) is 14.5. The summed E-state index contributed by atoms with van der Waals surface area (Å²) in [6, 6.07) is 10.6. The van der Waals surface area contributed by atoms with Crippen molar-refractivity contribution in [2.75, 3.05) is 24.5 Å². The minimum absolute atomic E-state index is 0.625. The quantitative estimate of drug-likeness (QED) is 0.876. The average Bonchev–Trinajstić information content (AvgIpc) is 2.42. The second-order valence-corrected chi connectivity index (χ2v) is 5.78. The summed E-state index contributed by atoms with van der Waals surface area (Å²) in [6.45, 7) is 9.36. The van der Waals surface area contributed by atoms with Crippen molar-refractivity contribution in [3.8, 4) is 0 Å². The predicted octanol–water partition coefficient (Wildman–Crippen LogP) is 3.35. The molecule has 0 unspecified atom stereocenters. The van der Waals surface area contributed by atoms with Crippen molar-refractivity contribution in [3.05, 3.63) is 36.0 Å². The molecule has 0 bridgehead atoms. The fraction of sp³-hybridized carbons (Fsp3) is 0.471. The van der Waals surface area contributed by atoms with Crippen LogP contribution < -0.4 is 10.6 Å². The van der Waals surface area contributed by atoms with Gasteiger partial charge in [0.1, 0.15) is 0 Å². The van der Waals surface area contributed by atoms with Crippen LogP contribution in [0.4, 0.5) is 5.69 Å². The van der Waals surface area contributed by atoms with E-state index in [1.165, 1.54) is 11.1 Å². The smallest absolute Gasteiger partial charge is 0.0726 e. The summed E-state index contributed by atoms with van der Waals surface area (Å²) in [5.41, 5.74) is 9.12.